The van der Waals surface area contributed by atoms with Crippen molar-refractivity contribution < 1.29 is 23.0 Å². The summed E-state index contributed by atoms with van der Waals surface area (Å²) in [6, 6.07) is 9.91. The van der Waals surface area contributed by atoms with Gasteiger partial charge in [0.1, 0.15) is 18.1 Å². The largest absolute Gasteiger partial charge is 0.493 e. The van der Waals surface area contributed by atoms with E-state index in [9.17, 15) is 13.6 Å². The SMILES string of the molecule is CCOc1cccc(NC(=O)CC)c1COc1ccc(C)cc1C(F)F. The molecular weight excluding hydrogens is 340 g/mol. The molecule has 2 aromatic rings. The van der Waals surface area contributed by atoms with Gasteiger partial charge in [0.05, 0.1) is 23.4 Å². The molecule has 26 heavy (non-hydrogen) atoms. The summed E-state index contributed by atoms with van der Waals surface area (Å²) in [5.74, 6) is 0.514. The topological polar surface area (TPSA) is 47.6 Å². The number of carbonyl (C=O) groups is 1. The van der Waals surface area contributed by atoms with Gasteiger partial charge in [0.15, 0.2) is 0 Å². The van der Waals surface area contributed by atoms with Crippen LogP contribution in [0.5, 0.6) is 11.5 Å². The van der Waals surface area contributed by atoms with Crippen molar-refractivity contribution in [3.05, 3.63) is 53.1 Å². The summed E-state index contributed by atoms with van der Waals surface area (Å²) in [5, 5.41) is 2.79. The molecule has 0 aromatic heterocycles. The summed E-state index contributed by atoms with van der Waals surface area (Å²) < 4.78 is 37.8. The van der Waals surface area contributed by atoms with Gasteiger partial charge in [0.25, 0.3) is 6.43 Å². The minimum Gasteiger partial charge on any atom is -0.493 e. The fourth-order valence-corrected chi connectivity index (χ4v) is 2.48. The molecule has 1 N–H and O–H groups in total. The second-order valence-corrected chi connectivity index (χ2v) is 5.75. The number of amides is 1. The van der Waals surface area contributed by atoms with Gasteiger partial charge in [-0.2, -0.15) is 0 Å². The summed E-state index contributed by atoms with van der Waals surface area (Å²) in [7, 11) is 0. The highest BCUT2D eigenvalue weighted by atomic mass is 19.3. The third-order valence-electron chi connectivity index (χ3n) is 3.80. The Hall–Kier alpha value is -2.63. The molecule has 0 heterocycles. The molecule has 0 saturated carbocycles. The third-order valence-corrected chi connectivity index (χ3v) is 3.80. The molecule has 6 heteroatoms. The van der Waals surface area contributed by atoms with Crippen molar-refractivity contribution in [2.75, 3.05) is 11.9 Å². The van der Waals surface area contributed by atoms with Crippen LogP contribution < -0.4 is 14.8 Å². The van der Waals surface area contributed by atoms with Gasteiger partial charge in [-0.15, -0.1) is 0 Å². The molecule has 4 nitrogen and oxygen atoms in total. The van der Waals surface area contributed by atoms with Gasteiger partial charge in [-0.3, -0.25) is 4.79 Å². The smallest absolute Gasteiger partial charge is 0.267 e. The standard InChI is InChI=1S/C20H23F2NO3/c1-4-19(24)23-16-7-6-8-17(25-5-2)15(16)12-26-18-10-9-13(3)11-14(18)20(21)22/h6-11,20H,4-5,12H2,1-3H3,(H,23,24). The predicted molar refractivity (Wildman–Crippen MR) is 97.0 cm³/mol. The monoisotopic (exact) mass is 363 g/mol. The molecule has 0 saturated heterocycles. The fourth-order valence-electron chi connectivity index (χ4n) is 2.48. The Morgan fingerprint density at radius 1 is 1.12 bits per heavy atom. The summed E-state index contributed by atoms with van der Waals surface area (Å²) in [5.41, 5.74) is 1.74. The lowest BCUT2D eigenvalue weighted by Crippen LogP contribution is -2.13. The molecule has 0 aliphatic rings. The van der Waals surface area contributed by atoms with Gasteiger partial charge in [-0.1, -0.05) is 24.6 Å². The minimum absolute atomic E-state index is 0.00170. The Morgan fingerprint density at radius 3 is 2.54 bits per heavy atom. The van der Waals surface area contributed by atoms with Gasteiger partial charge in [0.2, 0.25) is 5.91 Å². The lowest BCUT2D eigenvalue weighted by Gasteiger charge is -2.17. The van der Waals surface area contributed by atoms with E-state index in [0.29, 0.717) is 30.0 Å². The first-order valence-corrected chi connectivity index (χ1v) is 8.52. The maximum atomic E-state index is 13.3. The van der Waals surface area contributed by atoms with Crippen LogP contribution in [0.3, 0.4) is 0 Å². The van der Waals surface area contributed by atoms with E-state index in [0.717, 1.165) is 5.56 Å². The average molecular weight is 363 g/mol. The van der Waals surface area contributed by atoms with Crippen molar-refractivity contribution in [3.63, 3.8) is 0 Å². The molecule has 0 spiro atoms. The lowest BCUT2D eigenvalue weighted by molar-refractivity contribution is -0.115. The molecule has 0 bridgehead atoms. The Balaban J connectivity index is 2.32. The number of anilines is 1. The van der Waals surface area contributed by atoms with Crippen LogP contribution in [-0.2, 0) is 11.4 Å². The van der Waals surface area contributed by atoms with Crippen LogP contribution in [0.25, 0.3) is 0 Å². The Kier molecular flexibility index (Phi) is 6.95. The highest BCUT2D eigenvalue weighted by molar-refractivity contribution is 5.91. The van der Waals surface area contributed by atoms with Gasteiger partial charge in [-0.25, -0.2) is 8.78 Å². The van der Waals surface area contributed by atoms with E-state index < -0.39 is 6.43 Å². The third kappa shape index (κ3) is 4.94. The number of nitrogens with one attached hydrogen (secondary N) is 1. The van der Waals surface area contributed by atoms with Crippen molar-refractivity contribution >= 4 is 11.6 Å². The first-order valence-electron chi connectivity index (χ1n) is 8.52. The quantitative estimate of drug-likeness (QED) is 0.696. The molecule has 2 aromatic carbocycles. The van der Waals surface area contributed by atoms with E-state index in [1.807, 2.05) is 6.92 Å². The number of ether oxygens (including phenoxy) is 2. The van der Waals surface area contributed by atoms with E-state index in [2.05, 4.69) is 5.32 Å². The van der Waals surface area contributed by atoms with E-state index in [4.69, 9.17) is 9.47 Å². The van der Waals surface area contributed by atoms with E-state index in [1.165, 1.54) is 12.1 Å². The van der Waals surface area contributed by atoms with Gasteiger partial charge in [-0.05, 0) is 38.1 Å². The van der Waals surface area contributed by atoms with E-state index in [-0.39, 0.29) is 23.8 Å². The van der Waals surface area contributed by atoms with Crippen molar-refractivity contribution in [1.29, 1.82) is 0 Å². The maximum absolute atomic E-state index is 13.3. The maximum Gasteiger partial charge on any atom is 0.267 e. The van der Waals surface area contributed by atoms with Crippen LogP contribution in [0, 0.1) is 6.92 Å². The molecular formula is C20H23F2NO3. The molecule has 0 radical (unpaired) electrons. The van der Waals surface area contributed by atoms with Crippen LogP contribution in [0.15, 0.2) is 36.4 Å². The van der Waals surface area contributed by atoms with Gasteiger partial charge >= 0.3 is 0 Å². The molecule has 140 valence electrons. The van der Waals surface area contributed by atoms with Crippen LogP contribution in [0.4, 0.5) is 14.5 Å². The number of hydrogen-bond donors (Lipinski definition) is 1. The Bertz CT molecular complexity index is 763. The van der Waals surface area contributed by atoms with Crippen molar-refractivity contribution in [1.82, 2.24) is 0 Å². The fraction of sp³-hybridized carbons (Fsp3) is 0.350. The number of carbonyl (C=O) groups excluding carboxylic acids is 1. The number of alkyl halides is 2. The average Bonchev–Trinajstić information content (AvgIpc) is 2.62. The zero-order valence-electron chi connectivity index (χ0n) is 15.1. The highest BCUT2D eigenvalue weighted by Crippen LogP contribution is 2.33. The van der Waals surface area contributed by atoms with E-state index in [1.54, 1.807) is 38.1 Å². The zero-order chi connectivity index (χ0) is 19.1. The summed E-state index contributed by atoms with van der Waals surface area (Å²) in [6.07, 6.45) is -2.31. The molecule has 2 rings (SSSR count). The summed E-state index contributed by atoms with van der Waals surface area (Å²) >= 11 is 0. The molecule has 0 aliphatic heterocycles. The van der Waals surface area contributed by atoms with Crippen molar-refractivity contribution in [2.45, 2.75) is 40.2 Å². The van der Waals surface area contributed by atoms with Crippen molar-refractivity contribution in [2.24, 2.45) is 0 Å². The normalized spacial score (nSPS) is 10.7. The van der Waals surface area contributed by atoms with Crippen LogP contribution in [0.1, 0.15) is 43.4 Å². The van der Waals surface area contributed by atoms with Crippen LogP contribution in [0.2, 0.25) is 0 Å². The highest BCUT2D eigenvalue weighted by Gasteiger charge is 2.17. The Morgan fingerprint density at radius 2 is 1.88 bits per heavy atom. The lowest BCUT2D eigenvalue weighted by atomic mass is 10.1. The van der Waals surface area contributed by atoms with E-state index >= 15 is 0 Å². The second-order valence-electron chi connectivity index (χ2n) is 5.75. The Labute approximate surface area is 152 Å². The first-order chi connectivity index (χ1) is 12.5. The van der Waals surface area contributed by atoms with Gasteiger partial charge in [0, 0.05) is 6.42 Å². The minimum atomic E-state index is -2.63. The van der Waals surface area contributed by atoms with Crippen LogP contribution >= 0.6 is 0 Å². The number of aryl methyl sites for hydroxylation is 1. The summed E-state index contributed by atoms with van der Waals surface area (Å²) in [6.45, 7) is 5.78. The molecule has 0 fully saturated rings. The molecule has 0 atom stereocenters. The first kappa shape index (κ1) is 19.7. The molecule has 0 aliphatic carbocycles. The molecule has 1 amide bonds. The summed E-state index contributed by atoms with van der Waals surface area (Å²) in [4.78, 5) is 11.8. The molecule has 0 unspecified atom stereocenters. The predicted octanol–water partition coefficient (Wildman–Crippen LogP) is 5.26. The van der Waals surface area contributed by atoms with Crippen molar-refractivity contribution in [3.8, 4) is 11.5 Å². The number of halogens is 2. The number of hydrogen-bond acceptors (Lipinski definition) is 3. The zero-order valence-corrected chi connectivity index (χ0v) is 15.1. The number of benzene rings is 2. The van der Waals surface area contributed by atoms with Crippen LogP contribution in [-0.4, -0.2) is 12.5 Å². The van der Waals surface area contributed by atoms with Gasteiger partial charge < -0.3 is 14.8 Å². The second kappa shape index (κ2) is 9.17. The number of rotatable bonds is 8.